The Morgan fingerprint density at radius 1 is 1.42 bits per heavy atom. The third-order valence-corrected chi connectivity index (χ3v) is 3.65. The normalized spacial score (nSPS) is 21.2. The van der Waals surface area contributed by atoms with E-state index >= 15 is 0 Å². The van der Waals surface area contributed by atoms with Gasteiger partial charge in [-0.25, -0.2) is 4.98 Å². The molecule has 1 aliphatic rings. The van der Waals surface area contributed by atoms with Crippen LogP contribution in [0.15, 0.2) is 10.9 Å². The van der Waals surface area contributed by atoms with Crippen LogP contribution in [0, 0.1) is 6.92 Å². The van der Waals surface area contributed by atoms with Crippen molar-refractivity contribution in [1.29, 1.82) is 0 Å². The van der Waals surface area contributed by atoms with Crippen molar-refractivity contribution in [2.75, 3.05) is 38.1 Å². The number of rotatable bonds is 2. The van der Waals surface area contributed by atoms with E-state index in [1.165, 1.54) is 6.33 Å². The highest BCUT2D eigenvalue weighted by Crippen LogP contribution is 2.28. The van der Waals surface area contributed by atoms with E-state index in [1.807, 2.05) is 6.92 Å². The summed E-state index contributed by atoms with van der Waals surface area (Å²) in [6, 6.07) is 0.256. The fourth-order valence-corrected chi connectivity index (χ4v) is 2.61. The maximum absolute atomic E-state index is 5.90. The van der Waals surface area contributed by atoms with Crippen molar-refractivity contribution >= 4 is 16.9 Å². The molecule has 0 aromatic carbocycles. The quantitative estimate of drug-likeness (QED) is 0.815. The topological polar surface area (TPSA) is 84.3 Å². The lowest BCUT2D eigenvalue weighted by molar-refractivity contribution is 0.269. The molecule has 102 valence electrons. The lowest BCUT2D eigenvalue weighted by atomic mass is 10.1. The van der Waals surface area contributed by atoms with Gasteiger partial charge in [-0.1, -0.05) is 5.16 Å². The highest BCUT2D eigenvalue weighted by Gasteiger charge is 2.28. The number of aromatic nitrogens is 3. The summed E-state index contributed by atoms with van der Waals surface area (Å²) in [5, 5.41) is 4.87. The van der Waals surface area contributed by atoms with E-state index in [9.17, 15) is 0 Å². The van der Waals surface area contributed by atoms with E-state index in [4.69, 9.17) is 10.3 Å². The lowest BCUT2D eigenvalue weighted by Crippen LogP contribution is -2.55. The van der Waals surface area contributed by atoms with Crippen molar-refractivity contribution in [1.82, 2.24) is 20.0 Å². The largest absolute Gasteiger partial charge is 0.349 e. The Kier molecular flexibility index (Phi) is 3.08. The summed E-state index contributed by atoms with van der Waals surface area (Å²) in [6.45, 7) is 5.33. The van der Waals surface area contributed by atoms with Gasteiger partial charge < -0.3 is 20.1 Å². The number of nitrogens with zero attached hydrogens (tertiary/aromatic N) is 5. The average molecular weight is 262 g/mol. The van der Waals surface area contributed by atoms with Crippen molar-refractivity contribution in [2.24, 2.45) is 5.73 Å². The summed E-state index contributed by atoms with van der Waals surface area (Å²) >= 11 is 0. The van der Waals surface area contributed by atoms with Crippen molar-refractivity contribution in [2.45, 2.75) is 13.0 Å². The Hall–Kier alpha value is -1.73. The molecule has 1 fully saturated rings. The monoisotopic (exact) mass is 262 g/mol. The predicted octanol–water partition coefficient (Wildman–Crippen LogP) is 0.00532. The van der Waals surface area contributed by atoms with Gasteiger partial charge in [-0.05, 0) is 14.0 Å². The fraction of sp³-hybridized carbons (Fsp3) is 0.583. The van der Waals surface area contributed by atoms with Crippen LogP contribution >= 0.6 is 0 Å². The molecule has 0 bridgehead atoms. The second-order valence-corrected chi connectivity index (χ2v) is 4.99. The molecular formula is C12H18N6O. The van der Waals surface area contributed by atoms with Crippen LogP contribution < -0.4 is 10.6 Å². The number of piperazine rings is 1. The van der Waals surface area contributed by atoms with E-state index in [2.05, 4.69) is 32.0 Å². The number of nitrogens with two attached hydrogens (primary N) is 1. The summed E-state index contributed by atoms with van der Waals surface area (Å²) in [7, 11) is 2.11. The highest BCUT2D eigenvalue weighted by molar-refractivity contribution is 5.88. The van der Waals surface area contributed by atoms with Crippen LogP contribution in [-0.2, 0) is 0 Å². The first kappa shape index (κ1) is 12.3. The molecule has 0 aliphatic carbocycles. The standard InChI is InChI=1S/C12H18N6O/c1-8-10-11(14-7-15-12(10)19-16-8)18-4-3-17(2)6-9(18)5-13/h7,9H,3-6,13H2,1-2H3. The number of likely N-dealkylation sites (N-methyl/N-ethyl adjacent to an activating group) is 1. The minimum Gasteiger partial charge on any atom is -0.349 e. The highest BCUT2D eigenvalue weighted by atomic mass is 16.5. The van der Waals surface area contributed by atoms with E-state index in [0.29, 0.717) is 12.3 Å². The molecule has 2 aromatic heterocycles. The summed E-state index contributed by atoms with van der Waals surface area (Å²) in [5.41, 5.74) is 7.26. The van der Waals surface area contributed by atoms with Crippen LogP contribution in [0.1, 0.15) is 5.69 Å². The zero-order valence-electron chi connectivity index (χ0n) is 11.2. The number of hydrogen-bond acceptors (Lipinski definition) is 7. The molecule has 1 atom stereocenters. The second-order valence-electron chi connectivity index (χ2n) is 4.99. The molecule has 7 nitrogen and oxygen atoms in total. The van der Waals surface area contributed by atoms with Gasteiger partial charge in [-0.3, -0.25) is 0 Å². The van der Waals surface area contributed by atoms with E-state index in [0.717, 1.165) is 36.5 Å². The number of aryl methyl sites for hydroxylation is 1. The molecule has 2 N–H and O–H groups in total. The zero-order chi connectivity index (χ0) is 13.4. The van der Waals surface area contributed by atoms with Crippen LogP contribution in [0.25, 0.3) is 11.1 Å². The molecular weight excluding hydrogens is 244 g/mol. The number of anilines is 1. The van der Waals surface area contributed by atoms with Crippen LogP contribution in [-0.4, -0.2) is 59.3 Å². The first-order valence-corrected chi connectivity index (χ1v) is 6.43. The SMILES string of the molecule is Cc1noc2ncnc(N3CCN(C)CC3CN)c12. The Balaban J connectivity index is 2.05. The van der Waals surface area contributed by atoms with Crippen LogP contribution in [0.4, 0.5) is 5.82 Å². The molecule has 3 rings (SSSR count). The maximum atomic E-state index is 5.90. The van der Waals surface area contributed by atoms with Gasteiger partial charge >= 0.3 is 0 Å². The van der Waals surface area contributed by atoms with Crippen molar-refractivity contribution in [3.8, 4) is 0 Å². The maximum Gasteiger partial charge on any atom is 0.263 e. The Bertz CT molecular complexity index is 583. The van der Waals surface area contributed by atoms with Gasteiger partial charge in [0.15, 0.2) is 0 Å². The van der Waals surface area contributed by atoms with Gasteiger partial charge in [0.2, 0.25) is 0 Å². The fourth-order valence-electron chi connectivity index (χ4n) is 2.61. The number of fused-ring (bicyclic) bond motifs is 1. The zero-order valence-corrected chi connectivity index (χ0v) is 11.2. The minimum atomic E-state index is 0.256. The Morgan fingerprint density at radius 3 is 3.05 bits per heavy atom. The third kappa shape index (κ3) is 2.04. The average Bonchev–Trinajstić information content (AvgIpc) is 2.81. The van der Waals surface area contributed by atoms with Gasteiger partial charge in [-0.15, -0.1) is 0 Å². The van der Waals surface area contributed by atoms with Gasteiger partial charge in [0.05, 0.1) is 11.7 Å². The van der Waals surface area contributed by atoms with Gasteiger partial charge in [0.1, 0.15) is 17.5 Å². The summed E-state index contributed by atoms with van der Waals surface area (Å²) in [5.74, 6) is 0.882. The van der Waals surface area contributed by atoms with E-state index in [1.54, 1.807) is 0 Å². The third-order valence-electron chi connectivity index (χ3n) is 3.65. The van der Waals surface area contributed by atoms with Gasteiger partial charge in [0.25, 0.3) is 5.71 Å². The molecule has 0 radical (unpaired) electrons. The van der Waals surface area contributed by atoms with Gasteiger partial charge in [-0.2, -0.15) is 4.98 Å². The molecule has 0 spiro atoms. The van der Waals surface area contributed by atoms with Crippen molar-refractivity contribution < 1.29 is 4.52 Å². The first-order valence-electron chi connectivity index (χ1n) is 6.43. The molecule has 7 heteroatoms. The molecule has 0 amide bonds. The predicted molar refractivity (Wildman–Crippen MR) is 72.0 cm³/mol. The van der Waals surface area contributed by atoms with Crippen LogP contribution in [0.2, 0.25) is 0 Å². The molecule has 19 heavy (non-hydrogen) atoms. The van der Waals surface area contributed by atoms with Crippen LogP contribution in [0.3, 0.4) is 0 Å². The van der Waals surface area contributed by atoms with E-state index in [-0.39, 0.29) is 6.04 Å². The van der Waals surface area contributed by atoms with E-state index < -0.39 is 0 Å². The first-order chi connectivity index (χ1) is 9.20. The smallest absolute Gasteiger partial charge is 0.263 e. The molecule has 0 saturated carbocycles. The second kappa shape index (κ2) is 4.75. The Morgan fingerprint density at radius 2 is 2.26 bits per heavy atom. The Labute approximate surface area is 111 Å². The molecule has 3 heterocycles. The van der Waals surface area contributed by atoms with Crippen LogP contribution in [0.5, 0.6) is 0 Å². The summed E-state index contributed by atoms with van der Waals surface area (Å²) < 4.78 is 5.20. The molecule has 2 aromatic rings. The minimum absolute atomic E-state index is 0.256. The van der Waals surface area contributed by atoms with Gasteiger partial charge in [0, 0.05) is 26.2 Å². The van der Waals surface area contributed by atoms with Crippen molar-refractivity contribution in [3.63, 3.8) is 0 Å². The lowest BCUT2D eigenvalue weighted by Gasteiger charge is -2.40. The van der Waals surface area contributed by atoms with Crippen molar-refractivity contribution in [3.05, 3.63) is 12.0 Å². The summed E-state index contributed by atoms with van der Waals surface area (Å²) in [6.07, 6.45) is 1.52. The molecule has 1 saturated heterocycles. The number of hydrogen-bond donors (Lipinski definition) is 1. The molecule has 1 aliphatic heterocycles. The summed E-state index contributed by atoms with van der Waals surface area (Å²) in [4.78, 5) is 13.1. The molecule has 1 unspecified atom stereocenters.